The number of hydrogen-bond donors (Lipinski definition) is 3. The lowest BCUT2D eigenvalue weighted by molar-refractivity contribution is -0.120. The second-order valence-corrected chi connectivity index (χ2v) is 4.52. The topological polar surface area (TPSA) is 61.4 Å². The highest BCUT2D eigenvalue weighted by atomic mass is 16.3. The first kappa shape index (κ1) is 14.1. The number of para-hydroxylation sites is 1. The molecule has 0 fully saturated rings. The van der Waals surface area contributed by atoms with Gasteiger partial charge in [0, 0.05) is 12.1 Å². The quantitative estimate of drug-likeness (QED) is 0.777. The van der Waals surface area contributed by atoms with Gasteiger partial charge in [-0.2, -0.15) is 0 Å². The summed E-state index contributed by atoms with van der Waals surface area (Å²) in [6.45, 7) is 0.817. The monoisotopic (exact) mass is 270 g/mol. The van der Waals surface area contributed by atoms with Crippen LogP contribution in [0.25, 0.3) is 11.1 Å². The second kappa shape index (κ2) is 6.73. The molecule has 20 heavy (non-hydrogen) atoms. The molecule has 3 N–H and O–H groups in total. The zero-order chi connectivity index (χ0) is 14.4. The summed E-state index contributed by atoms with van der Waals surface area (Å²) in [5, 5.41) is 15.4. The van der Waals surface area contributed by atoms with Crippen LogP contribution in [0.5, 0.6) is 5.75 Å². The van der Waals surface area contributed by atoms with Crippen LogP contribution in [0, 0.1) is 0 Å². The van der Waals surface area contributed by atoms with E-state index in [4.69, 9.17) is 0 Å². The van der Waals surface area contributed by atoms with E-state index in [9.17, 15) is 9.90 Å². The van der Waals surface area contributed by atoms with Crippen molar-refractivity contribution in [1.82, 2.24) is 10.6 Å². The number of carbonyl (C=O) groups excluding carboxylic acids is 1. The number of nitrogens with one attached hydrogen (secondary N) is 2. The van der Waals surface area contributed by atoms with Gasteiger partial charge in [-0.3, -0.25) is 4.79 Å². The van der Waals surface area contributed by atoms with Gasteiger partial charge in [0.2, 0.25) is 5.91 Å². The van der Waals surface area contributed by atoms with Crippen LogP contribution in [0.2, 0.25) is 0 Å². The molecular formula is C16H18N2O2. The minimum absolute atomic E-state index is 0.0303. The zero-order valence-corrected chi connectivity index (χ0v) is 11.4. The van der Waals surface area contributed by atoms with Crippen molar-refractivity contribution in [1.29, 1.82) is 0 Å². The Hall–Kier alpha value is -2.33. The first-order valence-corrected chi connectivity index (χ1v) is 6.49. The Balaban J connectivity index is 2.03. The number of phenols is 1. The molecule has 2 aromatic rings. The van der Waals surface area contributed by atoms with Crippen molar-refractivity contribution >= 4 is 5.91 Å². The molecule has 0 saturated carbocycles. The molecule has 0 atom stereocenters. The summed E-state index contributed by atoms with van der Waals surface area (Å²) in [5.41, 5.74) is 2.78. The molecule has 0 aliphatic carbocycles. The van der Waals surface area contributed by atoms with Crippen LogP contribution in [-0.4, -0.2) is 24.6 Å². The van der Waals surface area contributed by atoms with E-state index in [-0.39, 0.29) is 11.7 Å². The number of benzene rings is 2. The lowest BCUT2D eigenvalue weighted by Gasteiger charge is -2.07. The van der Waals surface area contributed by atoms with Crippen molar-refractivity contribution in [3.8, 4) is 16.9 Å². The summed E-state index contributed by atoms with van der Waals surface area (Å²) < 4.78 is 0. The average Bonchev–Trinajstić information content (AvgIpc) is 2.47. The number of carbonyl (C=O) groups is 1. The van der Waals surface area contributed by atoms with Crippen molar-refractivity contribution in [2.75, 3.05) is 13.6 Å². The highest BCUT2D eigenvalue weighted by molar-refractivity contribution is 5.78. The molecule has 104 valence electrons. The summed E-state index contributed by atoms with van der Waals surface area (Å²) in [4.78, 5) is 11.3. The third-order valence-electron chi connectivity index (χ3n) is 3.00. The number of rotatable bonds is 5. The molecule has 2 rings (SSSR count). The minimum Gasteiger partial charge on any atom is -0.507 e. The first-order valence-electron chi connectivity index (χ1n) is 6.49. The Labute approximate surface area is 118 Å². The lowest BCUT2D eigenvalue weighted by Crippen LogP contribution is -2.31. The van der Waals surface area contributed by atoms with Crippen LogP contribution >= 0.6 is 0 Å². The Morgan fingerprint density at radius 3 is 2.45 bits per heavy atom. The fourth-order valence-corrected chi connectivity index (χ4v) is 1.94. The van der Waals surface area contributed by atoms with Crippen LogP contribution < -0.4 is 10.6 Å². The zero-order valence-electron chi connectivity index (χ0n) is 11.4. The van der Waals surface area contributed by atoms with Gasteiger partial charge in [0.05, 0.1) is 6.54 Å². The van der Waals surface area contributed by atoms with Crippen molar-refractivity contribution in [3.63, 3.8) is 0 Å². The normalized spacial score (nSPS) is 10.2. The molecule has 0 bridgehead atoms. The molecule has 2 aromatic carbocycles. The van der Waals surface area contributed by atoms with Crippen molar-refractivity contribution in [2.24, 2.45) is 0 Å². The average molecular weight is 270 g/mol. The fourth-order valence-electron chi connectivity index (χ4n) is 1.94. The van der Waals surface area contributed by atoms with E-state index in [2.05, 4.69) is 10.6 Å². The van der Waals surface area contributed by atoms with Crippen LogP contribution in [0.3, 0.4) is 0 Å². The van der Waals surface area contributed by atoms with Crippen molar-refractivity contribution in [3.05, 3.63) is 54.1 Å². The van der Waals surface area contributed by atoms with E-state index in [1.807, 2.05) is 36.4 Å². The molecule has 0 aromatic heterocycles. The van der Waals surface area contributed by atoms with Gasteiger partial charge < -0.3 is 15.7 Å². The second-order valence-electron chi connectivity index (χ2n) is 4.52. The van der Waals surface area contributed by atoms with E-state index < -0.39 is 0 Å². The van der Waals surface area contributed by atoms with Crippen LogP contribution in [0.15, 0.2) is 48.5 Å². The number of likely N-dealkylation sites (N-methyl/N-ethyl adjacent to an activating group) is 1. The maximum atomic E-state index is 11.3. The SMILES string of the molecule is CNCC(=O)NCc1ccc(-c2ccccc2O)cc1. The first-order chi connectivity index (χ1) is 9.70. The van der Waals surface area contributed by atoms with E-state index >= 15 is 0 Å². The number of phenolic OH excluding ortho intramolecular Hbond substituents is 1. The molecule has 4 nitrogen and oxygen atoms in total. The van der Waals surface area contributed by atoms with Crippen LogP contribution in [0.1, 0.15) is 5.56 Å². The summed E-state index contributed by atoms with van der Waals surface area (Å²) in [6, 6.07) is 15.0. The van der Waals surface area contributed by atoms with Gasteiger partial charge >= 0.3 is 0 Å². The summed E-state index contributed by atoms with van der Waals surface area (Å²) in [6.07, 6.45) is 0. The molecule has 0 spiro atoms. The Kier molecular flexibility index (Phi) is 4.74. The van der Waals surface area contributed by atoms with Crippen LogP contribution in [-0.2, 0) is 11.3 Å². The van der Waals surface area contributed by atoms with Crippen molar-refractivity contribution in [2.45, 2.75) is 6.54 Å². The smallest absolute Gasteiger partial charge is 0.234 e. The summed E-state index contributed by atoms with van der Waals surface area (Å²) in [5.74, 6) is 0.236. The number of hydrogen-bond acceptors (Lipinski definition) is 3. The van der Waals surface area contributed by atoms with E-state index in [0.29, 0.717) is 13.1 Å². The van der Waals surface area contributed by atoms with Gasteiger partial charge in [-0.1, -0.05) is 42.5 Å². The van der Waals surface area contributed by atoms with Crippen LogP contribution in [0.4, 0.5) is 0 Å². The predicted molar refractivity (Wildman–Crippen MR) is 79.3 cm³/mol. The minimum atomic E-state index is -0.0303. The predicted octanol–water partition coefficient (Wildman–Crippen LogP) is 1.89. The third-order valence-corrected chi connectivity index (χ3v) is 3.00. The molecular weight excluding hydrogens is 252 g/mol. The highest BCUT2D eigenvalue weighted by Gasteiger charge is 2.03. The summed E-state index contributed by atoms with van der Waals surface area (Å²) in [7, 11) is 1.74. The van der Waals surface area contributed by atoms with E-state index in [0.717, 1.165) is 16.7 Å². The van der Waals surface area contributed by atoms with Gasteiger partial charge in [-0.15, -0.1) is 0 Å². The maximum Gasteiger partial charge on any atom is 0.234 e. The van der Waals surface area contributed by atoms with Crippen molar-refractivity contribution < 1.29 is 9.90 Å². The molecule has 0 heterocycles. The molecule has 0 radical (unpaired) electrons. The molecule has 1 amide bonds. The fraction of sp³-hybridized carbons (Fsp3) is 0.188. The van der Waals surface area contributed by atoms with Gasteiger partial charge in [0.15, 0.2) is 0 Å². The molecule has 0 unspecified atom stereocenters. The number of aromatic hydroxyl groups is 1. The van der Waals surface area contributed by atoms with Gasteiger partial charge in [0.1, 0.15) is 5.75 Å². The highest BCUT2D eigenvalue weighted by Crippen LogP contribution is 2.28. The van der Waals surface area contributed by atoms with E-state index in [1.54, 1.807) is 19.2 Å². The van der Waals surface area contributed by atoms with Gasteiger partial charge in [-0.05, 0) is 24.2 Å². The third kappa shape index (κ3) is 3.59. The molecule has 0 saturated heterocycles. The van der Waals surface area contributed by atoms with Gasteiger partial charge in [0.25, 0.3) is 0 Å². The molecule has 0 aliphatic rings. The Morgan fingerprint density at radius 1 is 1.10 bits per heavy atom. The maximum absolute atomic E-state index is 11.3. The summed E-state index contributed by atoms with van der Waals surface area (Å²) >= 11 is 0. The van der Waals surface area contributed by atoms with Gasteiger partial charge in [-0.25, -0.2) is 0 Å². The Morgan fingerprint density at radius 2 is 1.80 bits per heavy atom. The Bertz CT molecular complexity index is 579. The standard InChI is InChI=1S/C16H18N2O2/c1-17-11-16(20)18-10-12-6-8-13(9-7-12)14-4-2-3-5-15(14)19/h2-9,17,19H,10-11H2,1H3,(H,18,20). The van der Waals surface area contributed by atoms with E-state index in [1.165, 1.54) is 0 Å². The molecule has 4 heteroatoms. The molecule has 0 aliphatic heterocycles. The lowest BCUT2D eigenvalue weighted by atomic mass is 10.0. The number of amides is 1. The largest absolute Gasteiger partial charge is 0.507 e.